The van der Waals surface area contributed by atoms with E-state index in [1.165, 1.54) is 24.1 Å². The third-order valence-electron chi connectivity index (χ3n) is 3.66. The molecule has 1 N–H and O–H groups in total. The molecule has 3 heteroatoms. The predicted molar refractivity (Wildman–Crippen MR) is 88.3 cm³/mol. The van der Waals surface area contributed by atoms with Crippen LogP contribution in [-0.4, -0.2) is 23.6 Å². The molecule has 3 nitrogen and oxygen atoms in total. The Hall–Kier alpha value is -1.09. The van der Waals surface area contributed by atoms with Crippen LogP contribution in [0.4, 0.5) is 5.69 Å². The number of rotatable bonds is 6. The molecule has 1 aromatic heterocycles. The monoisotopic (exact) mass is 277 g/mol. The molecule has 0 aliphatic carbocycles. The molecule has 0 saturated carbocycles. The van der Waals surface area contributed by atoms with Gasteiger partial charge in [-0.15, -0.1) is 0 Å². The van der Waals surface area contributed by atoms with Gasteiger partial charge in [-0.05, 0) is 47.1 Å². The summed E-state index contributed by atoms with van der Waals surface area (Å²) in [6, 6.07) is 2.75. The van der Waals surface area contributed by atoms with Gasteiger partial charge in [0.15, 0.2) is 0 Å². The molecule has 114 valence electrons. The number of nitrogens with zero attached hydrogens (tertiary/aromatic N) is 2. The van der Waals surface area contributed by atoms with Gasteiger partial charge in [0, 0.05) is 48.3 Å². The van der Waals surface area contributed by atoms with E-state index < -0.39 is 0 Å². The maximum absolute atomic E-state index is 4.46. The zero-order valence-electron chi connectivity index (χ0n) is 14.2. The molecule has 0 fully saturated rings. The van der Waals surface area contributed by atoms with E-state index in [1.54, 1.807) is 0 Å². The van der Waals surface area contributed by atoms with Crippen LogP contribution in [0.3, 0.4) is 0 Å². The summed E-state index contributed by atoms with van der Waals surface area (Å²) in [7, 11) is 2.19. The van der Waals surface area contributed by atoms with Crippen molar-refractivity contribution in [2.24, 2.45) is 0 Å². The van der Waals surface area contributed by atoms with Gasteiger partial charge >= 0.3 is 0 Å². The minimum atomic E-state index is 0.121. The van der Waals surface area contributed by atoms with Crippen molar-refractivity contribution >= 4 is 5.69 Å². The Balaban J connectivity index is 2.95. The lowest BCUT2D eigenvalue weighted by atomic mass is 10.1. The number of anilines is 1. The van der Waals surface area contributed by atoms with E-state index >= 15 is 0 Å². The normalized spacial score (nSPS) is 13.3. The topological polar surface area (TPSA) is 28.2 Å². The van der Waals surface area contributed by atoms with Gasteiger partial charge in [-0.3, -0.25) is 4.98 Å². The van der Waals surface area contributed by atoms with Crippen LogP contribution in [0.15, 0.2) is 12.3 Å². The summed E-state index contributed by atoms with van der Waals surface area (Å²) in [6.07, 6.45) is 4.44. The molecule has 0 aliphatic rings. The molecule has 0 aromatic carbocycles. The zero-order chi connectivity index (χ0) is 15.3. The van der Waals surface area contributed by atoms with Gasteiger partial charge in [0.1, 0.15) is 0 Å². The first-order valence-corrected chi connectivity index (χ1v) is 7.68. The van der Waals surface area contributed by atoms with E-state index in [-0.39, 0.29) is 5.54 Å². The van der Waals surface area contributed by atoms with Crippen molar-refractivity contribution in [3.8, 4) is 0 Å². The van der Waals surface area contributed by atoms with Gasteiger partial charge < -0.3 is 10.2 Å². The number of nitrogens with one attached hydrogen (secondary N) is 1. The molecular weight excluding hydrogens is 246 g/mol. The standard InChI is InChI=1S/C17H31N3/c1-8-9-14(3)20(7)16-10-13(2)18-11-15(16)12-19-17(4,5)6/h10-11,14,19H,8-9,12H2,1-7H3. The molecule has 0 spiro atoms. The molecule has 1 aromatic rings. The second kappa shape index (κ2) is 7.07. The van der Waals surface area contributed by atoms with Gasteiger partial charge in [0.2, 0.25) is 0 Å². The van der Waals surface area contributed by atoms with E-state index in [4.69, 9.17) is 0 Å². The molecule has 1 atom stereocenters. The van der Waals surface area contributed by atoms with Crippen molar-refractivity contribution in [3.63, 3.8) is 0 Å². The molecule has 0 bridgehead atoms. The molecule has 1 unspecified atom stereocenters. The zero-order valence-corrected chi connectivity index (χ0v) is 14.2. The lowest BCUT2D eigenvalue weighted by molar-refractivity contribution is 0.423. The quantitative estimate of drug-likeness (QED) is 0.854. The fourth-order valence-corrected chi connectivity index (χ4v) is 2.25. The highest BCUT2D eigenvalue weighted by atomic mass is 15.1. The van der Waals surface area contributed by atoms with Crippen LogP contribution in [0.5, 0.6) is 0 Å². The Morgan fingerprint density at radius 1 is 1.35 bits per heavy atom. The van der Waals surface area contributed by atoms with E-state index in [2.05, 4.69) is 69.9 Å². The average Bonchev–Trinajstić information content (AvgIpc) is 2.35. The lowest BCUT2D eigenvalue weighted by Crippen LogP contribution is -2.36. The summed E-state index contributed by atoms with van der Waals surface area (Å²) < 4.78 is 0. The second-order valence-electron chi connectivity index (χ2n) is 6.81. The number of aryl methyl sites for hydroxylation is 1. The molecule has 1 rings (SSSR count). The summed E-state index contributed by atoms with van der Waals surface area (Å²) in [6.45, 7) is 14.0. The van der Waals surface area contributed by atoms with Crippen molar-refractivity contribution < 1.29 is 0 Å². The predicted octanol–water partition coefficient (Wildman–Crippen LogP) is 3.90. The molecule has 1 heterocycles. The van der Waals surface area contributed by atoms with Crippen molar-refractivity contribution in [1.29, 1.82) is 0 Å². The Morgan fingerprint density at radius 2 is 2.00 bits per heavy atom. The minimum absolute atomic E-state index is 0.121. The van der Waals surface area contributed by atoms with Crippen molar-refractivity contribution in [2.75, 3.05) is 11.9 Å². The van der Waals surface area contributed by atoms with Gasteiger partial charge in [-0.1, -0.05) is 13.3 Å². The lowest BCUT2D eigenvalue weighted by Gasteiger charge is -2.30. The van der Waals surface area contributed by atoms with E-state index in [1.807, 2.05) is 6.20 Å². The van der Waals surface area contributed by atoms with Crippen molar-refractivity contribution in [3.05, 3.63) is 23.5 Å². The van der Waals surface area contributed by atoms with Crippen LogP contribution in [0.1, 0.15) is 58.7 Å². The number of pyridine rings is 1. The van der Waals surface area contributed by atoms with Crippen molar-refractivity contribution in [2.45, 2.75) is 72.5 Å². The van der Waals surface area contributed by atoms with Gasteiger partial charge in [-0.2, -0.15) is 0 Å². The van der Waals surface area contributed by atoms with Crippen LogP contribution in [0.25, 0.3) is 0 Å². The number of hydrogen-bond donors (Lipinski definition) is 1. The fraction of sp³-hybridized carbons (Fsp3) is 0.706. The van der Waals surface area contributed by atoms with Crippen LogP contribution in [0, 0.1) is 6.92 Å². The number of aromatic nitrogens is 1. The van der Waals surface area contributed by atoms with E-state index in [9.17, 15) is 0 Å². The van der Waals surface area contributed by atoms with Gasteiger partial charge in [-0.25, -0.2) is 0 Å². The smallest absolute Gasteiger partial charge is 0.0445 e. The molecule has 20 heavy (non-hydrogen) atoms. The van der Waals surface area contributed by atoms with Crippen LogP contribution in [-0.2, 0) is 6.54 Å². The first-order valence-electron chi connectivity index (χ1n) is 7.68. The SMILES string of the molecule is CCCC(C)N(C)c1cc(C)ncc1CNC(C)(C)C. The van der Waals surface area contributed by atoms with Crippen LogP contribution in [0.2, 0.25) is 0 Å². The second-order valence-corrected chi connectivity index (χ2v) is 6.81. The van der Waals surface area contributed by atoms with Crippen LogP contribution < -0.4 is 10.2 Å². The first kappa shape index (κ1) is 17.0. The largest absolute Gasteiger partial charge is 0.372 e. The van der Waals surface area contributed by atoms with E-state index in [0.29, 0.717) is 6.04 Å². The molecule has 0 amide bonds. The van der Waals surface area contributed by atoms with Gasteiger partial charge in [0.05, 0.1) is 0 Å². The molecule has 0 radical (unpaired) electrons. The Kier molecular flexibility index (Phi) is 6.00. The highest BCUT2D eigenvalue weighted by Crippen LogP contribution is 2.23. The fourth-order valence-electron chi connectivity index (χ4n) is 2.25. The summed E-state index contributed by atoms with van der Waals surface area (Å²) in [5.74, 6) is 0. The van der Waals surface area contributed by atoms with Crippen LogP contribution >= 0.6 is 0 Å². The maximum Gasteiger partial charge on any atom is 0.0445 e. The molecule has 0 aliphatic heterocycles. The maximum atomic E-state index is 4.46. The highest BCUT2D eigenvalue weighted by Gasteiger charge is 2.16. The highest BCUT2D eigenvalue weighted by molar-refractivity contribution is 5.53. The third kappa shape index (κ3) is 5.12. The van der Waals surface area contributed by atoms with E-state index in [0.717, 1.165) is 12.2 Å². The average molecular weight is 277 g/mol. The Labute approximate surface area is 124 Å². The van der Waals surface area contributed by atoms with Crippen molar-refractivity contribution in [1.82, 2.24) is 10.3 Å². The summed E-state index contributed by atoms with van der Waals surface area (Å²) in [5, 5.41) is 3.56. The summed E-state index contributed by atoms with van der Waals surface area (Å²) in [4.78, 5) is 6.85. The molecular formula is C17H31N3. The first-order chi connectivity index (χ1) is 9.24. The summed E-state index contributed by atoms with van der Waals surface area (Å²) in [5.41, 5.74) is 3.77. The molecule has 0 saturated heterocycles. The Morgan fingerprint density at radius 3 is 2.55 bits per heavy atom. The number of hydrogen-bond acceptors (Lipinski definition) is 3. The Bertz CT molecular complexity index is 421. The van der Waals surface area contributed by atoms with Gasteiger partial charge in [0.25, 0.3) is 0 Å². The third-order valence-corrected chi connectivity index (χ3v) is 3.66. The summed E-state index contributed by atoms with van der Waals surface area (Å²) >= 11 is 0. The minimum Gasteiger partial charge on any atom is -0.372 e.